The number of hydrogen-bond donors (Lipinski definition) is 2. The van der Waals surface area contributed by atoms with Crippen LogP contribution in [0.4, 0.5) is 0 Å². The van der Waals surface area contributed by atoms with Gasteiger partial charge >= 0.3 is 0 Å². The Morgan fingerprint density at radius 1 is 1.14 bits per heavy atom. The van der Waals surface area contributed by atoms with E-state index in [1.165, 1.54) is 32.7 Å². The van der Waals surface area contributed by atoms with Gasteiger partial charge in [0.25, 0.3) is 0 Å². The molecule has 0 saturated carbocycles. The van der Waals surface area contributed by atoms with Gasteiger partial charge in [0, 0.05) is 58.4 Å². The van der Waals surface area contributed by atoms with Gasteiger partial charge < -0.3 is 15.5 Å². The highest BCUT2D eigenvalue weighted by Gasteiger charge is 2.19. The summed E-state index contributed by atoms with van der Waals surface area (Å²) in [5.74, 6) is 0. The number of nitrogens with one attached hydrogen (secondary N) is 2. The van der Waals surface area contributed by atoms with E-state index < -0.39 is 0 Å². The third kappa shape index (κ3) is 2.92. The smallest absolute Gasteiger partial charge is 0.0320 e. The van der Waals surface area contributed by atoms with E-state index in [2.05, 4.69) is 27.5 Å². The average Bonchev–Trinajstić information content (AvgIpc) is 2.23. The van der Waals surface area contributed by atoms with Crippen LogP contribution in [0.5, 0.6) is 0 Å². The highest BCUT2D eigenvalue weighted by Crippen LogP contribution is 2.00. The van der Waals surface area contributed by atoms with Crippen LogP contribution in [-0.4, -0.2) is 75.2 Å². The fourth-order valence-electron chi connectivity index (χ4n) is 2.18. The predicted molar refractivity (Wildman–Crippen MR) is 58.6 cm³/mol. The predicted octanol–water partition coefficient (Wildman–Crippen LogP) is -1.20. The van der Waals surface area contributed by atoms with E-state index in [4.69, 9.17) is 0 Å². The molecule has 2 rings (SSSR count). The zero-order valence-electron chi connectivity index (χ0n) is 9.13. The number of hydrogen-bond acceptors (Lipinski definition) is 4. The third-order valence-corrected chi connectivity index (χ3v) is 3.20. The van der Waals surface area contributed by atoms with Crippen molar-refractivity contribution in [2.45, 2.75) is 6.04 Å². The fourth-order valence-corrected chi connectivity index (χ4v) is 2.18. The quantitative estimate of drug-likeness (QED) is 0.583. The molecule has 1 atom stereocenters. The normalized spacial score (nSPS) is 31.9. The molecule has 0 aromatic rings. The first kappa shape index (κ1) is 10.4. The molecule has 82 valence electrons. The summed E-state index contributed by atoms with van der Waals surface area (Å²) in [6.07, 6.45) is 0. The minimum atomic E-state index is 0.659. The Morgan fingerprint density at radius 2 is 1.93 bits per heavy atom. The molecule has 14 heavy (non-hydrogen) atoms. The Hall–Kier alpha value is -0.160. The van der Waals surface area contributed by atoms with E-state index in [1.807, 2.05) is 0 Å². The maximum atomic E-state index is 3.56. The molecule has 1 unspecified atom stereocenters. The zero-order valence-corrected chi connectivity index (χ0v) is 9.13. The van der Waals surface area contributed by atoms with Crippen molar-refractivity contribution in [3.05, 3.63) is 0 Å². The van der Waals surface area contributed by atoms with E-state index in [-0.39, 0.29) is 0 Å². The first-order chi connectivity index (χ1) is 6.84. The van der Waals surface area contributed by atoms with Crippen LogP contribution in [0.1, 0.15) is 0 Å². The van der Waals surface area contributed by atoms with Crippen molar-refractivity contribution in [3.8, 4) is 0 Å². The average molecular weight is 198 g/mol. The van der Waals surface area contributed by atoms with Gasteiger partial charge in [0.1, 0.15) is 0 Å². The second-order valence-electron chi connectivity index (χ2n) is 4.46. The molecule has 0 aromatic heterocycles. The van der Waals surface area contributed by atoms with Crippen molar-refractivity contribution in [2.24, 2.45) is 0 Å². The first-order valence-corrected chi connectivity index (χ1v) is 5.69. The molecule has 0 bridgehead atoms. The standard InChI is InChI=1S/C10H22N4/c1-13-4-6-14(7-5-13)9-10-8-11-2-3-12-10/h10-12H,2-9H2,1H3. The highest BCUT2D eigenvalue weighted by atomic mass is 15.3. The molecule has 0 spiro atoms. The van der Waals surface area contributed by atoms with Gasteiger partial charge in [-0.2, -0.15) is 0 Å². The van der Waals surface area contributed by atoms with Gasteiger partial charge in [0.05, 0.1) is 0 Å². The Balaban J connectivity index is 1.68. The summed E-state index contributed by atoms with van der Waals surface area (Å²) in [4.78, 5) is 4.98. The molecule has 4 nitrogen and oxygen atoms in total. The van der Waals surface area contributed by atoms with Crippen LogP contribution < -0.4 is 10.6 Å². The van der Waals surface area contributed by atoms with Crippen LogP contribution in [0, 0.1) is 0 Å². The summed E-state index contributed by atoms with van der Waals surface area (Å²) in [5, 5.41) is 6.99. The van der Waals surface area contributed by atoms with Crippen LogP contribution in [0.2, 0.25) is 0 Å². The Morgan fingerprint density at radius 3 is 2.57 bits per heavy atom. The van der Waals surface area contributed by atoms with E-state index in [9.17, 15) is 0 Å². The summed E-state index contributed by atoms with van der Waals surface area (Å²) < 4.78 is 0. The molecular weight excluding hydrogens is 176 g/mol. The summed E-state index contributed by atoms with van der Waals surface area (Å²) in [7, 11) is 2.21. The first-order valence-electron chi connectivity index (χ1n) is 5.69. The van der Waals surface area contributed by atoms with Crippen LogP contribution in [0.15, 0.2) is 0 Å². The van der Waals surface area contributed by atoms with Gasteiger partial charge in [0.15, 0.2) is 0 Å². The van der Waals surface area contributed by atoms with Crippen LogP contribution in [-0.2, 0) is 0 Å². The van der Waals surface area contributed by atoms with Crippen molar-refractivity contribution >= 4 is 0 Å². The van der Waals surface area contributed by atoms with Crippen molar-refractivity contribution in [1.29, 1.82) is 0 Å². The summed E-state index contributed by atoms with van der Waals surface area (Å²) in [5.41, 5.74) is 0. The van der Waals surface area contributed by atoms with Gasteiger partial charge in [-0.1, -0.05) is 0 Å². The van der Waals surface area contributed by atoms with Crippen molar-refractivity contribution in [3.63, 3.8) is 0 Å². The van der Waals surface area contributed by atoms with Gasteiger partial charge in [-0.3, -0.25) is 4.90 Å². The zero-order chi connectivity index (χ0) is 9.80. The van der Waals surface area contributed by atoms with Crippen molar-refractivity contribution in [2.75, 3.05) is 59.4 Å². The lowest BCUT2D eigenvalue weighted by Crippen LogP contribution is -2.56. The second-order valence-corrected chi connectivity index (χ2v) is 4.46. The van der Waals surface area contributed by atoms with E-state index in [0.29, 0.717) is 6.04 Å². The van der Waals surface area contributed by atoms with Gasteiger partial charge in [0.2, 0.25) is 0 Å². The van der Waals surface area contributed by atoms with E-state index >= 15 is 0 Å². The Labute approximate surface area is 86.6 Å². The lowest BCUT2D eigenvalue weighted by Gasteiger charge is -2.36. The molecule has 2 aliphatic rings. The number of piperazine rings is 2. The maximum Gasteiger partial charge on any atom is 0.0320 e. The maximum absolute atomic E-state index is 3.56. The number of nitrogens with zero attached hydrogens (tertiary/aromatic N) is 2. The lowest BCUT2D eigenvalue weighted by molar-refractivity contribution is 0.139. The van der Waals surface area contributed by atoms with E-state index in [1.54, 1.807) is 0 Å². The van der Waals surface area contributed by atoms with E-state index in [0.717, 1.165) is 19.6 Å². The van der Waals surface area contributed by atoms with Gasteiger partial charge in [-0.25, -0.2) is 0 Å². The molecule has 2 heterocycles. The second kappa shape index (κ2) is 5.07. The monoisotopic (exact) mass is 198 g/mol. The molecule has 0 aromatic carbocycles. The van der Waals surface area contributed by atoms with Gasteiger partial charge in [-0.15, -0.1) is 0 Å². The minimum absolute atomic E-state index is 0.659. The summed E-state index contributed by atoms with van der Waals surface area (Å²) in [6, 6.07) is 0.659. The fraction of sp³-hybridized carbons (Fsp3) is 1.00. The third-order valence-electron chi connectivity index (χ3n) is 3.20. The molecule has 4 heteroatoms. The van der Waals surface area contributed by atoms with Crippen molar-refractivity contribution in [1.82, 2.24) is 20.4 Å². The molecular formula is C10H22N4. The topological polar surface area (TPSA) is 30.5 Å². The molecule has 2 N–H and O–H groups in total. The Kier molecular flexibility index (Phi) is 3.75. The van der Waals surface area contributed by atoms with Gasteiger partial charge in [-0.05, 0) is 7.05 Å². The summed E-state index contributed by atoms with van der Waals surface area (Å²) in [6.45, 7) is 9.49. The molecule has 0 amide bonds. The molecule has 2 aliphatic heterocycles. The SMILES string of the molecule is CN1CCN(CC2CNCCN2)CC1. The molecule has 2 saturated heterocycles. The summed E-state index contributed by atoms with van der Waals surface area (Å²) >= 11 is 0. The number of likely N-dealkylation sites (N-methyl/N-ethyl adjacent to an activating group) is 1. The minimum Gasteiger partial charge on any atom is -0.314 e. The Bertz CT molecular complexity index is 160. The largest absolute Gasteiger partial charge is 0.314 e. The van der Waals surface area contributed by atoms with Crippen LogP contribution >= 0.6 is 0 Å². The number of rotatable bonds is 2. The molecule has 0 aliphatic carbocycles. The van der Waals surface area contributed by atoms with Crippen LogP contribution in [0.25, 0.3) is 0 Å². The van der Waals surface area contributed by atoms with Crippen molar-refractivity contribution < 1.29 is 0 Å². The highest BCUT2D eigenvalue weighted by molar-refractivity contribution is 4.80. The lowest BCUT2D eigenvalue weighted by atomic mass is 10.2. The molecule has 0 radical (unpaired) electrons. The van der Waals surface area contributed by atoms with Crippen LogP contribution in [0.3, 0.4) is 0 Å². The molecule has 2 fully saturated rings.